The number of rotatable bonds is 1. The minimum atomic E-state index is 0.840. The monoisotopic (exact) mass is 217 g/mol. The van der Waals surface area contributed by atoms with E-state index in [-0.39, 0.29) is 0 Å². The van der Waals surface area contributed by atoms with E-state index in [4.69, 9.17) is 0 Å². The molecule has 3 rings (SSSR count). The second-order valence-corrected chi connectivity index (χ2v) is 5.79. The zero-order chi connectivity index (χ0) is 11.1. The van der Waals surface area contributed by atoms with E-state index in [0.29, 0.717) is 0 Å². The van der Waals surface area contributed by atoms with Gasteiger partial charge in [-0.25, -0.2) is 0 Å². The summed E-state index contributed by atoms with van der Waals surface area (Å²) in [6, 6.07) is 0. The van der Waals surface area contributed by atoms with Crippen LogP contribution in [0.15, 0.2) is 12.4 Å². The molecule has 2 aliphatic heterocycles. The van der Waals surface area contributed by atoms with Crippen LogP contribution in [0.1, 0.15) is 38.5 Å². The third-order valence-electron chi connectivity index (χ3n) is 4.85. The van der Waals surface area contributed by atoms with Gasteiger partial charge in [0, 0.05) is 12.4 Å². The Bertz CT molecular complexity index is 344. The number of fused-ring (bicyclic) bond motifs is 2. The first kappa shape index (κ1) is 10.4. The number of aromatic nitrogens is 2. The van der Waals surface area contributed by atoms with Crippen molar-refractivity contribution in [2.24, 2.45) is 14.1 Å². The van der Waals surface area contributed by atoms with Crippen LogP contribution in [0, 0.1) is 0 Å². The van der Waals surface area contributed by atoms with Crippen molar-refractivity contribution in [1.82, 2.24) is 4.57 Å². The lowest BCUT2D eigenvalue weighted by molar-refractivity contribution is -0.653. The van der Waals surface area contributed by atoms with Gasteiger partial charge in [-0.2, -0.15) is 11.6 Å². The summed E-state index contributed by atoms with van der Waals surface area (Å²) in [5.41, 5.74) is 1.56. The Hall–Kier alpha value is -0.725. The Morgan fingerprint density at radius 2 is 1.75 bits per heavy atom. The summed E-state index contributed by atoms with van der Waals surface area (Å²) in [6.45, 7) is 0.840. The zero-order valence-electron chi connectivity index (χ0n) is 10.5. The summed E-state index contributed by atoms with van der Waals surface area (Å²) in [5, 5.41) is 0. The maximum Gasteiger partial charge on any atom is 0.126 e. The summed E-state index contributed by atoms with van der Waals surface area (Å²) in [6.07, 6.45) is 13.2. The van der Waals surface area contributed by atoms with Gasteiger partial charge in [0.25, 0.3) is 0 Å². The average Bonchev–Trinajstić information content (AvgIpc) is 2.57. The van der Waals surface area contributed by atoms with Gasteiger partial charge in [0.05, 0.1) is 14.1 Å². The molecule has 2 bridgehead atoms. The SMILES string of the molecule is Cn1cc[n+](C)c1[B-]1C2CCCC1CCC2. The van der Waals surface area contributed by atoms with E-state index < -0.39 is 0 Å². The Morgan fingerprint density at radius 3 is 2.19 bits per heavy atom. The van der Waals surface area contributed by atoms with Crippen LogP contribution >= 0.6 is 0 Å². The number of hydrogen-bond donors (Lipinski definition) is 0. The summed E-state index contributed by atoms with van der Waals surface area (Å²) in [4.78, 5) is 0. The molecule has 2 saturated heterocycles. The standard InChI is InChI=1S/C13H22BN2/c1-15-9-10-16(2)13(15)14-11-5-3-6-12(14)8-4-7-11/h9-12H,3-8H2,1-2H3. The van der Waals surface area contributed by atoms with Gasteiger partial charge in [-0.15, -0.1) is 0 Å². The van der Waals surface area contributed by atoms with Crippen LogP contribution in [0.25, 0.3) is 0 Å². The molecule has 1 aromatic rings. The van der Waals surface area contributed by atoms with E-state index in [9.17, 15) is 0 Å². The predicted molar refractivity (Wildman–Crippen MR) is 67.2 cm³/mol. The van der Waals surface area contributed by atoms with E-state index in [1.165, 1.54) is 38.5 Å². The van der Waals surface area contributed by atoms with Crippen LogP contribution in [0.5, 0.6) is 0 Å². The van der Waals surface area contributed by atoms with Gasteiger partial charge in [-0.3, -0.25) is 9.13 Å². The second kappa shape index (κ2) is 3.94. The first-order valence-corrected chi connectivity index (χ1v) is 6.78. The van der Waals surface area contributed by atoms with Crippen molar-refractivity contribution >= 4 is 12.4 Å². The summed E-state index contributed by atoms with van der Waals surface area (Å²) in [5.74, 6) is 1.93. The van der Waals surface area contributed by atoms with E-state index in [1.807, 2.05) is 0 Å². The highest BCUT2D eigenvalue weighted by Gasteiger charge is 2.33. The van der Waals surface area contributed by atoms with Crippen LogP contribution < -0.4 is 10.3 Å². The minimum Gasteiger partial charge on any atom is -0.277 e. The number of aryl methyl sites for hydroxylation is 2. The zero-order valence-corrected chi connectivity index (χ0v) is 10.5. The summed E-state index contributed by atoms with van der Waals surface area (Å²) in [7, 11) is 4.42. The molecule has 0 atom stereocenters. The molecule has 3 heterocycles. The van der Waals surface area contributed by atoms with Gasteiger partial charge >= 0.3 is 0 Å². The third kappa shape index (κ3) is 1.52. The Balaban J connectivity index is 1.99. The topological polar surface area (TPSA) is 8.81 Å². The largest absolute Gasteiger partial charge is 0.277 e. The Kier molecular flexibility index (Phi) is 2.57. The summed E-state index contributed by atoms with van der Waals surface area (Å²) >= 11 is 0. The van der Waals surface area contributed by atoms with Crippen LogP contribution in [0.2, 0.25) is 11.6 Å². The molecular weight excluding hydrogens is 195 g/mol. The van der Waals surface area contributed by atoms with E-state index >= 15 is 0 Å². The molecule has 0 unspecified atom stereocenters. The van der Waals surface area contributed by atoms with Crippen molar-refractivity contribution in [3.05, 3.63) is 12.4 Å². The van der Waals surface area contributed by atoms with E-state index in [1.54, 1.807) is 5.72 Å². The molecule has 0 saturated carbocycles. The Labute approximate surface area is 98.7 Å². The quantitative estimate of drug-likeness (QED) is 0.499. The molecule has 2 nitrogen and oxygen atoms in total. The maximum absolute atomic E-state index is 2.35. The molecule has 0 aliphatic carbocycles. The molecule has 3 heteroatoms. The average molecular weight is 217 g/mol. The highest BCUT2D eigenvalue weighted by molar-refractivity contribution is 6.74. The van der Waals surface area contributed by atoms with Gasteiger partial charge in [-0.05, 0) is 0 Å². The van der Waals surface area contributed by atoms with E-state index in [0.717, 1.165) is 18.3 Å². The number of hydrogen-bond acceptors (Lipinski definition) is 0. The third-order valence-corrected chi connectivity index (χ3v) is 4.85. The molecule has 1 radical (unpaired) electrons. The van der Waals surface area contributed by atoms with E-state index in [2.05, 4.69) is 35.6 Å². The van der Waals surface area contributed by atoms with Gasteiger partial charge in [-0.1, -0.05) is 38.5 Å². The van der Waals surface area contributed by atoms with Crippen LogP contribution in [-0.4, -0.2) is 11.3 Å². The summed E-state index contributed by atoms with van der Waals surface area (Å²) < 4.78 is 4.70. The van der Waals surface area contributed by atoms with Crippen LogP contribution in [0.3, 0.4) is 0 Å². The fourth-order valence-electron chi connectivity index (χ4n) is 4.17. The molecule has 0 amide bonds. The molecule has 1 aromatic heterocycles. The molecule has 0 spiro atoms. The maximum atomic E-state index is 2.35. The predicted octanol–water partition coefficient (Wildman–Crippen LogP) is 1.66. The molecule has 16 heavy (non-hydrogen) atoms. The highest BCUT2D eigenvalue weighted by atomic mass is 15.1. The molecular formula is C13H22BN2. The van der Waals surface area contributed by atoms with Gasteiger partial charge in [0.2, 0.25) is 0 Å². The lowest BCUT2D eigenvalue weighted by Crippen LogP contribution is -2.60. The van der Waals surface area contributed by atoms with Crippen molar-refractivity contribution in [3.8, 4) is 0 Å². The van der Waals surface area contributed by atoms with Crippen LogP contribution in [0.4, 0.5) is 0 Å². The van der Waals surface area contributed by atoms with Crippen LogP contribution in [-0.2, 0) is 14.1 Å². The van der Waals surface area contributed by atoms with Gasteiger partial charge < -0.3 is 0 Å². The fourth-order valence-corrected chi connectivity index (χ4v) is 4.17. The van der Waals surface area contributed by atoms with Crippen molar-refractivity contribution in [2.75, 3.05) is 0 Å². The first-order valence-electron chi connectivity index (χ1n) is 6.78. The fraction of sp³-hybridized carbons (Fsp3) is 0.769. The van der Waals surface area contributed by atoms with Crippen molar-refractivity contribution in [1.29, 1.82) is 0 Å². The molecule has 2 fully saturated rings. The van der Waals surface area contributed by atoms with Crippen molar-refractivity contribution in [3.63, 3.8) is 0 Å². The molecule has 0 aromatic carbocycles. The molecule has 87 valence electrons. The number of imidazole rings is 1. The highest BCUT2D eigenvalue weighted by Crippen LogP contribution is 2.45. The lowest BCUT2D eigenvalue weighted by Gasteiger charge is -2.49. The smallest absolute Gasteiger partial charge is 0.126 e. The van der Waals surface area contributed by atoms with Gasteiger partial charge in [0.15, 0.2) is 0 Å². The normalized spacial score (nSPS) is 30.6. The first-order chi connectivity index (χ1) is 7.77. The van der Waals surface area contributed by atoms with Gasteiger partial charge in [0.1, 0.15) is 12.4 Å². The molecule has 2 aliphatic rings. The lowest BCUT2D eigenvalue weighted by atomic mass is 9.26. The second-order valence-electron chi connectivity index (χ2n) is 5.79. The Morgan fingerprint density at radius 1 is 1.19 bits per heavy atom. The van der Waals surface area contributed by atoms with Crippen molar-refractivity contribution in [2.45, 2.75) is 50.2 Å². The molecule has 0 N–H and O–H groups in total. The number of nitrogens with zero attached hydrogens (tertiary/aromatic N) is 2. The van der Waals surface area contributed by atoms with Crippen molar-refractivity contribution < 1.29 is 4.57 Å². The minimum absolute atomic E-state index is 0.840.